The van der Waals surface area contributed by atoms with Gasteiger partial charge in [0.1, 0.15) is 5.60 Å². The zero-order valence-electron chi connectivity index (χ0n) is 14.5. The van der Waals surface area contributed by atoms with Crippen LogP contribution in [0.2, 0.25) is 0 Å². The van der Waals surface area contributed by atoms with Gasteiger partial charge in [-0.3, -0.25) is 4.99 Å². The van der Waals surface area contributed by atoms with Crippen LogP contribution >= 0.6 is 0 Å². The fourth-order valence-corrected chi connectivity index (χ4v) is 1.46. The van der Waals surface area contributed by atoms with E-state index in [9.17, 15) is 4.79 Å². The third-order valence-electron chi connectivity index (χ3n) is 2.64. The summed E-state index contributed by atoms with van der Waals surface area (Å²) in [6, 6.07) is -0.0763. The van der Waals surface area contributed by atoms with E-state index in [4.69, 9.17) is 10.5 Å². The van der Waals surface area contributed by atoms with E-state index in [2.05, 4.69) is 29.5 Å². The maximum Gasteiger partial charge on any atom is 0.407 e. The fourth-order valence-electron chi connectivity index (χ4n) is 1.46. The molecule has 0 aromatic carbocycles. The number of nitrogens with one attached hydrogen (secondary N) is 2. The number of carbonyl (C=O) groups excluding carboxylic acids is 1. The van der Waals surface area contributed by atoms with Crippen molar-refractivity contribution in [2.45, 2.75) is 60.1 Å². The molecule has 1 unspecified atom stereocenters. The maximum absolute atomic E-state index is 11.8. The van der Waals surface area contributed by atoms with E-state index in [1.165, 1.54) is 0 Å². The van der Waals surface area contributed by atoms with Crippen LogP contribution in [-0.4, -0.2) is 36.8 Å². The highest BCUT2D eigenvalue weighted by atomic mass is 16.6. The normalized spacial score (nSPS) is 14.2. The number of guanidine groups is 1. The van der Waals surface area contributed by atoms with Gasteiger partial charge in [0.15, 0.2) is 5.96 Å². The first-order valence-electron chi connectivity index (χ1n) is 7.54. The molecule has 6 heteroatoms. The molecule has 124 valence electrons. The number of rotatable bonds is 6. The molecule has 6 nitrogen and oxygen atoms in total. The quantitative estimate of drug-likeness (QED) is 0.517. The second kappa shape index (κ2) is 8.74. The predicted molar refractivity (Wildman–Crippen MR) is 87.3 cm³/mol. The summed E-state index contributed by atoms with van der Waals surface area (Å²) in [7, 11) is 0. The molecular formula is C15H32N4O2. The summed E-state index contributed by atoms with van der Waals surface area (Å²) in [6.07, 6.45) is -0.416. The maximum atomic E-state index is 11.8. The van der Waals surface area contributed by atoms with Gasteiger partial charge in [-0.15, -0.1) is 0 Å². The Balaban J connectivity index is 4.38. The summed E-state index contributed by atoms with van der Waals surface area (Å²) in [6.45, 7) is 14.9. The average molecular weight is 300 g/mol. The highest BCUT2D eigenvalue weighted by molar-refractivity contribution is 5.78. The minimum absolute atomic E-state index is 0.0763. The molecule has 0 aliphatic heterocycles. The Morgan fingerprint density at radius 2 is 1.81 bits per heavy atom. The van der Waals surface area contributed by atoms with Crippen LogP contribution in [0.5, 0.6) is 0 Å². The van der Waals surface area contributed by atoms with Gasteiger partial charge in [0, 0.05) is 13.1 Å². The van der Waals surface area contributed by atoms with Gasteiger partial charge >= 0.3 is 6.09 Å². The van der Waals surface area contributed by atoms with Crippen molar-refractivity contribution in [3.63, 3.8) is 0 Å². The Hall–Kier alpha value is -1.46. The summed E-state index contributed by atoms with van der Waals surface area (Å²) in [4.78, 5) is 16.0. The number of hydrogen-bond acceptors (Lipinski definition) is 3. The molecule has 0 aromatic rings. The lowest BCUT2D eigenvalue weighted by molar-refractivity contribution is 0.0491. The first kappa shape index (κ1) is 19.5. The van der Waals surface area contributed by atoms with Crippen molar-refractivity contribution >= 4 is 12.1 Å². The molecule has 0 saturated carbocycles. The Labute approximate surface area is 128 Å². The third kappa shape index (κ3) is 10.9. The number of aliphatic imine (C=N–C) groups is 1. The first-order valence-corrected chi connectivity index (χ1v) is 7.54. The van der Waals surface area contributed by atoms with Gasteiger partial charge in [-0.2, -0.15) is 0 Å². The largest absolute Gasteiger partial charge is 0.444 e. The second-order valence-corrected chi connectivity index (χ2v) is 7.00. The highest BCUT2D eigenvalue weighted by Gasteiger charge is 2.21. The molecule has 1 amide bonds. The smallest absolute Gasteiger partial charge is 0.407 e. The van der Waals surface area contributed by atoms with Crippen LogP contribution in [0.25, 0.3) is 0 Å². The van der Waals surface area contributed by atoms with E-state index in [0.29, 0.717) is 25.0 Å². The van der Waals surface area contributed by atoms with Gasteiger partial charge in [-0.05, 0) is 32.6 Å². The third-order valence-corrected chi connectivity index (χ3v) is 2.64. The van der Waals surface area contributed by atoms with Gasteiger partial charge < -0.3 is 21.1 Å². The molecule has 1 atom stereocenters. The number of carbonyl (C=O) groups is 1. The second-order valence-electron chi connectivity index (χ2n) is 7.00. The van der Waals surface area contributed by atoms with Crippen LogP contribution in [0.4, 0.5) is 4.79 Å². The number of amides is 1. The Bertz CT molecular complexity index is 346. The predicted octanol–water partition coefficient (Wildman–Crippen LogP) is 2.10. The molecular weight excluding hydrogens is 268 g/mol. The van der Waals surface area contributed by atoms with Gasteiger partial charge in [0.2, 0.25) is 0 Å². The van der Waals surface area contributed by atoms with Crippen LogP contribution in [0, 0.1) is 11.8 Å². The molecule has 0 heterocycles. The number of nitrogens with zero attached hydrogens (tertiary/aromatic N) is 1. The number of ether oxygens (including phenoxy) is 1. The van der Waals surface area contributed by atoms with E-state index >= 15 is 0 Å². The Morgan fingerprint density at radius 1 is 1.24 bits per heavy atom. The Kier molecular flexibility index (Phi) is 8.14. The minimum Gasteiger partial charge on any atom is -0.444 e. The lowest BCUT2D eigenvalue weighted by Gasteiger charge is -2.26. The van der Waals surface area contributed by atoms with E-state index in [-0.39, 0.29) is 12.0 Å². The Morgan fingerprint density at radius 3 is 2.24 bits per heavy atom. The lowest BCUT2D eigenvalue weighted by atomic mass is 10.0. The fraction of sp³-hybridized carbons (Fsp3) is 0.867. The van der Waals surface area contributed by atoms with Crippen molar-refractivity contribution in [1.29, 1.82) is 0 Å². The van der Waals surface area contributed by atoms with Gasteiger partial charge in [-0.25, -0.2) is 4.79 Å². The zero-order chi connectivity index (χ0) is 16.6. The van der Waals surface area contributed by atoms with E-state index < -0.39 is 11.7 Å². The van der Waals surface area contributed by atoms with Gasteiger partial charge in [-0.1, -0.05) is 27.7 Å². The number of alkyl carbamates (subject to hydrolysis) is 1. The SMILES string of the molecule is CC(C)CN=C(N)NCC(NC(=O)OC(C)(C)C)C(C)C. The highest BCUT2D eigenvalue weighted by Crippen LogP contribution is 2.08. The van der Waals surface area contributed by atoms with E-state index in [0.717, 1.165) is 0 Å². The molecule has 0 aliphatic rings. The standard InChI is InChI=1S/C15H32N4O2/c1-10(2)8-17-13(16)18-9-12(11(3)4)19-14(20)21-15(5,6)7/h10-12H,8-9H2,1-7H3,(H,19,20)(H3,16,17,18). The van der Waals surface area contributed by atoms with Crippen molar-refractivity contribution in [2.75, 3.05) is 13.1 Å². The van der Waals surface area contributed by atoms with Crippen LogP contribution in [0.3, 0.4) is 0 Å². The first-order chi connectivity index (χ1) is 9.51. The van der Waals surface area contributed by atoms with Gasteiger partial charge in [0.05, 0.1) is 6.04 Å². The monoisotopic (exact) mass is 300 g/mol. The summed E-state index contributed by atoms with van der Waals surface area (Å²) in [5.74, 6) is 1.12. The van der Waals surface area contributed by atoms with E-state index in [1.54, 1.807) is 0 Å². The average Bonchev–Trinajstić information content (AvgIpc) is 2.29. The molecule has 0 fully saturated rings. The van der Waals surface area contributed by atoms with Crippen LogP contribution in [0.1, 0.15) is 48.5 Å². The molecule has 0 rings (SSSR count). The molecule has 21 heavy (non-hydrogen) atoms. The van der Waals surface area contributed by atoms with Crippen LogP contribution in [0.15, 0.2) is 4.99 Å². The topological polar surface area (TPSA) is 88.7 Å². The van der Waals surface area contributed by atoms with Crippen molar-refractivity contribution in [3.8, 4) is 0 Å². The summed E-state index contributed by atoms with van der Waals surface area (Å²) in [5.41, 5.74) is 5.29. The molecule has 4 N–H and O–H groups in total. The van der Waals surface area contributed by atoms with Crippen molar-refractivity contribution < 1.29 is 9.53 Å². The van der Waals surface area contributed by atoms with Crippen LogP contribution in [-0.2, 0) is 4.74 Å². The van der Waals surface area contributed by atoms with Crippen molar-refractivity contribution in [3.05, 3.63) is 0 Å². The molecule has 0 saturated heterocycles. The van der Waals surface area contributed by atoms with Crippen LogP contribution < -0.4 is 16.4 Å². The van der Waals surface area contributed by atoms with Crippen molar-refractivity contribution in [1.82, 2.24) is 10.6 Å². The zero-order valence-corrected chi connectivity index (χ0v) is 14.5. The lowest BCUT2D eigenvalue weighted by Crippen LogP contribution is -2.49. The van der Waals surface area contributed by atoms with Gasteiger partial charge in [0.25, 0.3) is 0 Å². The molecule has 0 spiro atoms. The number of hydrogen-bond donors (Lipinski definition) is 3. The summed E-state index contributed by atoms with van der Waals surface area (Å²) < 4.78 is 5.26. The molecule has 0 aromatic heterocycles. The number of nitrogens with two attached hydrogens (primary N) is 1. The summed E-state index contributed by atoms with van der Waals surface area (Å²) >= 11 is 0. The molecule has 0 radical (unpaired) electrons. The van der Waals surface area contributed by atoms with E-state index in [1.807, 2.05) is 34.6 Å². The molecule has 0 bridgehead atoms. The molecule has 0 aliphatic carbocycles. The minimum atomic E-state index is -0.503. The summed E-state index contributed by atoms with van der Waals surface area (Å²) in [5, 5.41) is 5.90. The van der Waals surface area contributed by atoms with Crippen molar-refractivity contribution in [2.24, 2.45) is 22.6 Å².